The Morgan fingerprint density at radius 1 is 1.60 bits per heavy atom. The molecule has 0 unspecified atom stereocenters. The van der Waals surface area contributed by atoms with E-state index in [0.29, 0.717) is 0 Å². The van der Waals surface area contributed by atoms with E-state index in [9.17, 15) is 0 Å². The van der Waals surface area contributed by atoms with Crippen LogP contribution >= 0.6 is 12.4 Å². The first-order chi connectivity index (χ1) is 1.41. The molecule has 0 rings (SSSR count). The molecule has 1 N–H and O–H groups in total. The van der Waals surface area contributed by atoms with E-state index in [4.69, 9.17) is 5.11 Å². The Morgan fingerprint density at radius 2 is 1.60 bits per heavy atom. The van der Waals surface area contributed by atoms with Crippen molar-refractivity contribution in [2.75, 3.05) is 6.61 Å². The maximum Gasteiger partial charge on any atom is 0.0402 e. The Bertz CT molecular complexity index is 9.61. The van der Waals surface area contributed by atoms with Crippen molar-refractivity contribution in [1.82, 2.24) is 0 Å². The maximum absolute atomic E-state index is 7.57. The predicted octanol–water partition coefficient (Wildman–Crippen LogP) is 0.420. The Labute approximate surface area is 70.7 Å². The molecule has 0 aromatic heterocycles. The van der Waals surface area contributed by atoms with E-state index in [1.807, 2.05) is 0 Å². The number of rotatable bonds is 0. The van der Waals surface area contributed by atoms with Crippen LogP contribution in [-0.4, -0.2) is 11.7 Å². The molecule has 3 heteroatoms. The van der Waals surface area contributed by atoms with Gasteiger partial charge < -0.3 is 5.11 Å². The molecule has 0 bridgehead atoms. The topological polar surface area (TPSA) is 20.2 Å². The van der Waals surface area contributed by atoms with Crippen LogP contribution in [0, 0.1) is 40.4 Å². The minimum atomic E-state index is 0. The summed E-state index contributed by atoms with van der Waals surface area (Å²) in [6.07, 6.45) is 0. The van der Waals surface area contributed by atoms with E-state index in [-0.39, 0.29) is 59.4 Å². The van der Waals surface area contributed by atoms with Crippen molar-refractivity contribution in [3.8, 4) is 0 Å². The number of hydrogen-bond donors (Lipinski definition) is 1. The Hall–Kier alpha value is 1.59. The fourth-order valence-electron chi connectivity index (χ4n) is 0. The molecule has 0 radical (unpaired) electrons. The van der Waals surface area contributed by atoms with Crippen molar-refractivity contribution in [3.63, 3.8) is 0 Å². The summed E-state index contributed by atoms with van der Waals surface area (Å²) in [5.74, 6) is 0. The summed E-state index contributed by atoms with van der Waals surface area (Å²) in [4.78, 5) is 0. The molecule has 0 aromatic carbocycles. The van der Waals surface area contributed by atoms with Gasteiger partial charge in [-0.2, -0.15) is 0 Å². The number of aliphatic hydroxyl groups is 1. The largest absolute Gasteiger partial charge is 0.397 e. The summed E-state index contributed by atoms with van der Waals surface area (Å²) >= 11 is 0. The smallest absolute Gasteiger partial charge is 0.0402 e. The summed E-state index contributed by atoms with van der Waals surface area (Å²) in [5, 5.41) is 7.57. The Balaban J connectivity index is -0.0000000200. The third kappa shape index (κ3) is 28.5. The first kappa shape index (κ1) is 16.0. The fourth-order valence-corrected chi connectivity index (χ4v) is 0. The van der Waals surface area contributed by atoms with Gasteiger partial charge in [0.25, 0.3) is 0 Å². The Morgan fingerprint density at radius 3 is 1.60 bits per heavy atom. The summed E-state index contributed by atoms with van der Waals surface area (Å²) in [5.41, 5.74) is 0. The van der Waals surface area contributed by atoms with E-state index in [1.165, 1.54) is 0 Å². The first-order valence-electron chi connectivity index (χ1n) is 1.02. The van der Waals surface area contributed by atoms with Gasteiger partial charge in [0.2, 0.25) is 0 Å². The molecule has 0 aliphatic carbocycles. The van der Waals surface area contributed by atoms with Crippen LogP contribution in [-0.2, 0) is 0 Å². The Kier molecular flexibility index (Phi) is 56.1. The van der Waals surface area contributed by atoms with Crippen LogP contribution in [0.1, 0.15) is 6.92 Å². The van der Waals surface area contributed by atoms with Gasteiger partial charge in [0.15, 0.2) is 0 Å². The summed E-state index contributed by atoms with van der Waals surface area (Å²) in [7, 11) is 0. The van der Waals surface area contributed by atoms with Crippen molar-refractivity contribution < 1.29 is 45.5 Å². The molecule has 0 saturated heterocycles. The molecule has 0 saturated carbocycles. The van der Waals surface area contributed by atoms with E-state index in [2.05, 4.69) is 0 Å². The SMILES string of the molecule is CCO.Cl.[Sm]. The van der Waals surface area contributed by atoms with E-state index in [1.54, 1.807) is 6.92 Å². The minimum Gasteiger partial charge on any atom is -0.397 e. The van der Waals surface area contributed by atoms with Gasteiger partial charge in [-0.25, -0.2) is 0 Å². The van der Waals surface area contributed by atoms with Gasteiger partial charge in [-0.1, -0.05) is 0 Å². The van der Waals surface area contributed by atoms with Gasteiger partial charge in [0.05, 0.1) is 0 Å². The minimum absolute atomic E-state index is 0. The monoisotopic (exact) mass is 234 g/mol. The molecular formula is C2H7ClOSm. The first-order valence-corrected chi connectivity index (χ1v) is 1.02. The second kappa shape index (κ2) is 17.6. The van der Waals surface area contributed by atoms with Crippen LogP contribution in [0.4, 0.5) is 0 Å². The van der Waals surface area contributed by atoms with Crippen LogP contribution in [0.5, 0.6) is 0 Å². The zero-order valence-corrected chi connectivity index (χ0v) is 6.41. The average Bonchev–Trinajstić information content (AvgIpc) is 0.918. The zero-order chi connectivity index (χ0) is 2.71. The predicted molar refractivity (Wildman–Crippen MR) is 20.0 cm³/mol. The molecule has 0 aliphatic heterocycles. The summed E-state index contributed by atoms with van der Waals surface area (Å²) in [6.45, 7) is 1.93. The third-order valence-corrected chi connectivity index (χ3v) is 0. The standard InChI is InChI=1S/C2H6O.ClH.Sm/c1-2-3;;/h3H,2H2,1H3;1H;. The van der Waals surface area contributed by atoms with Crippen molar-refractivity contribution >= 4 is 12.4 Å². The van der Waals surface area contributed by atoms with Crippen molar-refractivity contribution in [2.45, 2.75) is 6.92 Å². The van der Waals surface area contributed by atoms with E-state index < -0.39 is 0 Å². The number of aliphatic hydroxyl groups excluding tert-OH is 1. The molecule has 0 spiro atoms. The molecule has 5 heavy (non-hydrogen) atoms. The molecule has 1 nitrogen and oxygen atoms in total. The summed E-state index contributed by atoms with van der Waals surface area (Å²) in [6, 6.07) is 0. The van der Waals surface area contributed by atoms with Gasteiger partial charge in [-0.15, -0.1) is 12.4 Å². The molecular weight excluding hydrogens is 226 g/mol. The van der Waals surface area contributed by atoms with Crippen LogP contribution in [0.2, 0.25) is 0 Å². The van der Waals surface area contributed by atoms with Crippen LogP contribution in [0.3, 0.4) is 0 Å². The molecule has 0 aliphatic rings. The third-order valence-electron chi connectivity index (χ3n) is 0. The average molecular weight is 233 g/mol. The van der Waals surface area contributed by atoms with Gasteiger partial charge >= 0.3 is 0 Å². The molecule has 0 heterocycles. The van der Waals surface area contributed by atoms with Crippen molar-refractivity contribution in [3.05, 3.63) is 0 Å². The molecule has 0 amide bonds. The van der Waals surface area contributed by atoms with Gasteiger partial charge in [-0.3, -0.25) is 0 Å². The molecule has 0 aromatic rings. The van der Waals surface area contributed by atoms with Crippen molar-refractivity contribution in [1.29, 1.82) is 0 Å². The number of halogens is 1. The van der Waals surface area contributed by atoms with E-state index >= 15 is 0 Å². The van der Waals surface area contributed by atoms with Gasteiger partial charge in [0.1, 0.15) is 0 Å². The van der Waals surface area contributed by atoms with Crippen molar-refractivity contribution in [2.24, 2.45) is 0 Å². The maximum atomic E-state index is 7.57. The molecule has 0 atom stereocenters. The van der Waals surface area contributed by atoms with E-state index in [0.717, 1.165) is 0 Å². The van der Waals surface area contributed by atoms with Gasteiger partial charge in [-0.05, 0) is 6.92 Å². The quantitative estimate of drug-likeness (QED) is 0.642. The zero-order valence-electron chi connectivity index (χ0n) is 2.97. The summed E-state index contributed by atoms with van der Waals surface area (Å²) < 4.78 is 0. The van der Waals surface area contributed by atoms with Crippen LogP contribution < -0.4 is 0 Å². The number of hydrogen-bond acceptors (Lipinski definition) is 1. The molecule has 34 valence electrons. The normalized spacial score (nSPS) is 3.60. The second-order valence-corrected chi connectivity index (χ2v) is 0.316. The molecule has 0 fully saturated rings. The second-order valence-electron chi connectivity index (χ2n) is 0.316. The van der Waals surface area contributed by atoms with Gasteiger partial charge in [0, 0.05) is 47.0 Å². The van der Waals surface area contributed by atoms with Crippen LogP contribution in [0.15, 0.2) is 0 Å². The fraction of sp³-hybridized carbons (Fsp3) is 1.00. The van der Waals surface area contributed by atoms with Crippen LogP contribution in [0.25, 0.3) is 0 Å².